The number of benzene rings is 1. The van der Waals surface area contributed by atoms with Gasteiger partial charge in [0, 0.05) is 13.6 Å². The number of hydrogen-bond acceptors (Lipinski definition) is 3. The molecule has 0 radical (unpaired) electrons. The third kappa shape index (κ3) is 5.12. The number of aryl methyl sites for hydroxylation is 1. The standard InChI is InChI=1S/C15H21NO3/c1-11-6-8-12(9-7-11)10-16(5)13(17)14(18)19-15(2,3)4/h6-9H,10H2,1-5H3. The summed E-state index contributed by atoms with van der Waals surface area (Å²) in [6, 6.07) is 7.82. The molecule has 1 rings (SSSR count). The molecule has 19 heavy (non-hydrogen) atoms. The number of carbonyl (C=O) groups is 2. The van der Waals surface area contributed by atoms with E-state index in [4.69, 9.17) is 4.74 Å². The average molecular weight is 263 g/mol. The third-order valence-electron chi connectivity index (χ3n) is 2.46. The molecule has 0 aliphatic carbocycles. The molecule has 0 atom stereocenters. The maximum Gasteiger partial charge on any atom is 0.397 e. The van der Waals surface area contributed by atoms with Crippen LogP contribution in [-0.2, 0) is 20.9 Å². The maximum atomic E-state index is 11.8. The van der Waals surface area contributed by atoms with Crippen molar-refractivity contribution in [1.29, 1.82) is 0 Å². The van der Waals surface area contributed by atoms with Gasteiger partial charge in [0.2, 0.25) is 0 Å². The molecule has 0 N–H and O–H groups in total. The summed E-state index contributed by atoms with van der Waals surface area (Å²) in [6.45, 7) is 7.59. The van der Waals surface area contributed by atoms with E-state index in [9.17, 15) is 9.59 Å². The van der Waals surface area contributed by atoms with Crippen LogP contribution in [0.2, 0.25) is 0 Å². The summed E-state index contributed by atoms with van der Waals surface area (Å²) < 4.78 is 5.05. The van der Waals surface area contributed by atoms with E-state index in [2.05, 4.69) is 0 Å². The zero-order valence-corrected chi connectivity index (χ0v) is 12.2. The van der Waals surface area contributed by atoms with Crippen LogP contribution in [0.3, 0.4) is 0 Å². The van der Waals surface area contributed by atoms with Crippen LogP contribution in [0.5, 0.6) is 0 Å². The molecule has 0 heterocycles. The molecule has 0 bridgehead atoms. The van der Waals surface area contributed by atoms with Gasteiger partial charge in [-0.05, 0) is 33.3 Å². The maximum absolute atomic E-state index is 11.8. The first-order chi connectivity index (χ1) is 8.69. The molecule has 1 aromatic carbocycles. The first-order valence-electron chi connectivity index (χ1n) is 6.23. The van der Waals surface area contributed by atoms with Crippen molar-refractivity contribution in [3.8, 4) is 0 Å². The molecular weight excluding hydrogens is 242 g/mol. The van der Waals surface area contributed by atoms with Crippen molar-refractivity contribution >= 4 is 11.9 Å². The van der Waals surface area contributed by atoms with Crippen LogP contribution in [0.25, 0.3) is 0 Å². The Labute approximate surface area is 114 Å². The predicted octanol–water partition coefficient (Wildman–Crippen LogP) is 2.30. The quantitative estimate of drug-likeness (QED) is 0.607. The molecule has 1 aromatic rings. The van der Waals surface area contributed by atoms with Crippen molar-refractivity contribution < 1.29 is 14.3 Å². The lowest BCUT2D eigenvalue weighted by Crippen LogP contribution is -2.37. The van der Waals surface area contributed by atoms with E-state index < -0.39 is 17.5 Å². The topological polar surface area (TPSA) is 46.6 Å². The van der Waals surface area contributed by atoms with Gasteiger partial charge in [0.15, 0.2) is 0 Å². The monoisotopic (exact) mass is 263 g/mol. The third-order valence-corrected chi connectivity index (χ3v) is 2.46. The summed E-state index contributed by atoms with van der Waals surface area (Å²) in [6.07, 6.45) is 0. The van der Waals surface area contributed by atoms with E-state index in [1.165, 1.54) is 4.90 Å². The number of likely N-dealkylation sites (N-methyl/N-ethyl adjacent to an activating group) is 1. The van der Waals surface area contributed by atoms with Gasteiger partial charge in [-0.1, -0.05) is 29.8 Å². The van der Waals surface area contributed by atoms with E-state index >= 15 is 0 Å². The van der Waals surface area contributed by atoms with Crippen LogP contribution in [0.1, 0.15) is 31.9 Å². The second-order valence-corrected chi connectivity index (χ2v) is 5.65. The summed E-state index contributed by atoms with van der Waals surface area (Å²) in [7, 11) is 1.59. The number of ether oxygens (including phenoxy) is 1. The van der Waals surface area contributed by atoms with Crippen LogP contribution in [0.15, 0.2) is 24.3 Å². The molecule has 0 aliphatic rings. The van der Waals surface area contributed by atoms with Crippen LogP contribution in [-0.4, -0.2) is 29.4 Å². The molecule has 4 heteroatoms. The Morgan fingerprint density at radius 1 is 1.16 bits per heavy atom. The average Bonchev–Trinajstić information content (AvgIpc) is 2.28. The summed E-state index contributed by atoms with van der Waals surface area (Å²) in [5.41, 5.74) is 1.48. The van der Waals surface area contributed by atoms with Gasteiger partial charge in [-0.3, -0.25) is 4.79 Å². The van der Waals surface area contributed by atoms with E-state index in [1.807, 2.05) is 31.2 Å². The van der Waals surface area contributed by atoms with Gasteiger partial charge in [-0.25, -0.2) is 4.79 Å². The van der Waals surface area contributed by atoms with Gasteiger partial charge in [-0.2, -0.15) is 0 Å². The van der Waals surface area contributed by atoms with Crippen LogP contribution < -0.4 is 0 Å². The Morgan fingerprint density at radius 2 is 1.68 bits per heavy atom. The van der Waals surface area contributed by atoms with E-state index in [1.54, 1.807) is 27.8 Å². The van der Waals surface area contributed by atoms with Crippen molar-refractivity contribution in [3.63, 3.8) is 0 Å². The van der Waals surface area contributed by atoms with E-state index in [0.717, 1.165) is 11.1 Å². The fourth-order valence-electron chi connectivity index (χ4n) is 1.52. The number of nitrogens with zero attached hydrogens (tertiary/aromatic N) is 1. The molecule has 104 valence electrons. The van der Waals surface area contributed by atoms with Gasteiger partial charge < -0.3 is 9.64 Å². The molecule has 0 saturated carbocycles. The van der Waals surface area contributed by atoms with Gasteiger partial charge >= 0.3 is 11.9 Å². The predicted molar refractivity (Wildman–Crippen MR) is 73.5 cm³/mol. The van der Waals surface area contributed by atoms with Crippen molar-refractivity contribution in [2.24, 2.45) is 0 Å². The van der Waals surface area contributed by atoms with Gasteiger partial charge in [-0.15, -0.1) is 0 Å². The number of rotatable bonds is 2. The smallest absolute Gasteiger partial charge is 0.397 e. The Kier molecular flexibility index (Phi) is 4.70. The molecule has 0 aliphatic heterocycles. The van der Waals surface area contributed by atoms with Crippen LogP contribution >= 0.6 is 0 Å². The summed E-state index contributed by atoms with van der Waals surface area (Å²) in [4.78, 5) is 24.8. The van der Waals surface area contributed by atoms with Crippen molar-refractivity contribution in [2.75, 3.05) is 7.05 Å². The minimum absolute atomic E-state index is 0.387. The molecule has 0 saturated heterocycles. The highest BCUT2D eigenvalue weighted by molar-refractivity contribution is 6.32. The zero-order valence-electron chi connectivity index (χ0n) is 12.2. The molecule has 0 unspecified atom stereocenters. The SMILES string of the molecule is Cc1ccc(CN(C)C(=O)C(=O)OC(C)(C)C)cc1. The van der Waals surface area contributed by atoms with Gasteiger partial charge in [0.05, 0.1) is 0 Å². The number of amides is 1. The van der Waals surface area contributed by atoms with Gasteiger partial charge in [0.1, 0.15) is 5.60 Å². The number of carbonyl (C=O) groups excluding carboxylic acids is 2. The van der Waals surface area contributed by atoms with Crippen molar-refractivity contribution in [1.82, 2.24) is 4.90 Å². The summed E-state index contributed by atoms with van der Waals surface area (Å²) >= 11 is 0. The highest BCUT2D eigenvalue weighted by atomic mass is 16.6. The van der Waals surface area contributed by atoms with Crippen molar-refractivity contribution in [2.45, 2.75) is 39.8 Å². The van der Waals surface area contributed by atoms with Crippen LogP contribution in [0, 0.1) is 6.92 Å². The Morgan fingerprint density at radius 3 is 2.16 bits per heavy atom. The Hall–Kier alpha value is -1.84. The van der Waals surface area contributed by atoms with E-state index in [0.29, 0.717) is 6.54 Å². The minimum atomic E-state index is -0.817. The fourth-order valence-corrected chi connectivity index (χ4v) is 1.52. The largest absolute Gasteiger partial charge is 0.453 e. The zero-order chi connectivity index (χ0) is 14.6. The first kappa shape index (κ1) is 15.2. The first-order valence-corrected chi connectivity index (χ1v) is 6.23. The highest BCUT2D eigenvalue weighted by Crippen LogP contribution is 2.10. The molecule has 0 spiro atoms. The fraction of sp³-hybridized carbons (Fsp3) is 0.467. The van der Waals surface area contributed by atoms with Gasteiger partial charge in [0.25, 0.3) is 0 Å². The Balaban J connectivity index is 2.62. The highest BCUT2D eigenvalue weighted by Gasteiger charge is 2.25. The Bertz CT molecular complexity index is 457. The van der Waals surface area contributed by atoms with Crippen LogP contribution in [0.4, 0.5) is 0 Å². The normalized spacial score (nSPS) is 11.0. The lowest BCUT2D eigenvalue weighted by atomic mass is 10.1. The molecule has 0 aromatic heterocycles. The molecular formula is C15H21NO3. The number of hydrogen-bond donors (Lipinski definition) is 0. The number of esters is 1. The molecule has 0 fully saturated rings. The second-order valence-electron chi connectivity index (χ2n) is 5.65. The molecule has 1 amide bonds. The lowest BCUT2D eigenvalue weighted by molar-refractivity contribution is -0.167. The molecule has 4 nitrogen and oxygen atoms in total. The lowest BCUT2D eigenvalue weighted by Gasteiger charge is -2.22. The summed E-state index contributed by atoms with van der Waals surface area (Å²) in [5.74, 6) is -1.45. The summed E-state index contributed by atoms with van der Waals surface area (Å²) in [5, 5.41) is 0. The van der Waals surface area contributed by atoms with E-state index in [-0.39, 0.29) is 0 Å². The minimum Gasteiger partial charge on any atom is -0.453 e. The second kappa shape index (κ2) is 5.87. The van der Waals surface area contributed by atoms with Crippen molar-refractivity contribution in [3.05, 3.63) is 35.4 Å².